The van der Waals surface area contributed by atoms with Crippen molar-refractivity contribution in [1.29, 1.82) is 0 Å². The molecule has 1 rings (SSSR count). The van der Waals surface area contributed by atoms with Gasteiger partial charge in [0.15, 0.2) is 0 Å². The van der Waals surface area contributed by atoms with E-state index in [2.05, 4.69) is 15.9 Å². The van der Waals surface area contributed by atoms with Crippen LogP contribution in [0.15, 0.2) is 28.4 Å². The first-order valence-corrected chi connectivity index (χ1v) is 5.56. The Balaban J connectivity index is 3.20. The van der Waals surface area contributed by atoms with Gasteiger partial charge in [0.05, 0.1) is 12.0 Å². The molecule has 5 heteroatoms. The van der Waals surface area contributed by atoms with Gasteiger partial charge in [-0.1, -0.05) is 22.9 Å². The summed E-state index contributed by atoms with van der Waals surface area (Å²) in [5, 5.41) is 10.7. The zero-order chi connectivity index (χ0) is 12.1. The smallest absolute Gasteiger partial charge is 0.246 e. The maximum Gasteiger partial charge on any atom is 0.246 e. The minimum absolute atomic E-state index is 0.163. The molecule has 0 aliphatic rings. The number of hydrogen-bond acceptors (Lipinski definition) is 3. The van der Waals surface area contributed by atoms with Gasteiger partial charge in [-0.05, 0) is 18.2 Å². The lowest BCUT2D eigenvalue weighted by molar-refractivity contribution is -0.425. The van der Waals surface area contributed by atoms with Crippen molar-refractivity contribution in [1.82, 2.24) is 0 Å². The second kappa shape index (κ2) is 5.65. The number of ether oxygens (including phenoxy) is 1. The Labute approximate surface area is 102 Å². The van der Waals surface area contributed by atoms with Gasteiger partial charge in [-0.3, -0.25) is 10.1 Å². The summed E-state index contributed by atoms with van der Waals surface area (Å²) in [6.45, 7) is 1.75. The van der Waals surface area contributed by atoms with E-state index in [1.54, 1.807) is 26.2 Å². The van der Waals surface area contributed by atoms with Crippen LogP contribution < -0.4 is 4.74 Å². The standard InChI is InChI=1S/C11H12BrNO3/c1-3-10(13(14)15)7-8-6-9(12)4-5-11(8)16-2/h4-7H,3H2,1-2H3. The molecule has 0 N–H and O–H groups in total. The number of hydrogen-bond donors (Lipinski definition) is 0. The second-order valence-electron chi connectivity index (χ2n) is 3.13. The molecule has 1 aromatic carbocycles. The second-order valence-corrected chi connectivity index (χ2v) is 4.05. The van der Waals surface area contributed by atoms with Crippen LogP contribution in [0.1, 0.15) is 18.9 Å². The predicted octanol–water partition coefficient (Wildman–Crippen LogP) is 3.49. The summed E-state index contributed by atoms with van der Waals surface area (Å²) in [6.07, 6.45) is 1.91. The highest BCUT2D eigenvalue weighted by molar-refractivity contribution is 9.10. The van der Waals surface area contributed by atoms with Crippen molar-refractivity contribution in [3.63, 3.8) is 0 Å². The fourth-order valence-corrected chi connectivity index (χ4v) is 1.66. The minimum Gasteiger partial charge on any atom is -0.496 e. The van der Waals surface area contributed by atoms with Crippen molar-refractivity contribution in [2.45, 2.75) is 13.3 Å². The molecule has 86 valence electrons. The third kappa shape index (κ3) is 3.06. The van der Waals surface area contributed by atoms with Crippen molar-refractivity contribution in [2.75, 3.05) is 7.11 Å². The highest BCUT2D eigenvalue weighted by atomic mass is 79.9. The molecule has 0 spiro atoms. The van der Waals surface area contributed by atoms with E-state index in [1.807, 2.05) is 6.07 Å². The molecule has 16 heavy (non-hydrogen) atoms. The molecule has 0 aromatic heterocycles. The number of methoxy groups -OCH3 is 1. The van der Waals surface area contributed by atoms with Crippen molar-refractivity contribution >= 4 is 22.0 Å². The summed E-state index contributed by atoms with van der Waals surface area (Å²) < 4.78 is 6.00. The molecule has 0 unspecified atom stereocenters. The maximum atomic E-state index is 10.7. The molecule has 0 bridgehead atoms. The minimum atomic E-state index is -0.375. The number of rotatable bonds is 4. The zero-order valence-electron chi connectivity index (χ0n) is 9.07. The van der Waals surface area contributed by atoms with Crippen LogP contribution >= 0.6 is 15.9 Å². The van der Waals surface area contributed by atoms with Crippen molar-refractivity contribution in [2.24, 2.45) is 0 Å². The van der Waals surface area contributed by atoms with Gasteiger partial charge in [-0.25, -0.2) is 0 Å². The van der Waals surface area contributed by atoms with Crippen molar-refractivity contribution in [3.8, 4) is 5.75 Å². The predicted molar refractivity (Wildman–Crippen MR) is 66.0 cm³/mol. The Hall–Kier alpha value is -1.36. The van der Waals surface area contributed by atoms with Gasteiger partial charge in [0, 0.05) is 22.5 Å². The van der Waals surface area contributed by atoms with E-state index in [9.17, 15) is 10.1 Å². The van der Waals surface area contributed by atoms with Gasteiger partial charge in [0.2, 0.25) is 5.70 Å². The van der Waals surface area contributed by atoms with Crippen LogP contribution in [-0.2, 0) is 0 Å². The normalized spacial score (nSPS) is 11.3. The summed E-state index contributed by atoms with van der Waals surface area (Å²) in [7, 11) is 1.54. The van der Waals surface area contributed by atoms with Gasteiger partial charge >= 0.3 is 0 Å². The van der Waals surface area contributed by atoms with Crippen LogP contribution in [0.2, 0.25) is 0 Å². The molecule has 0 saturated heterocycles. The average Bonchev–Trinajstić information content (AvgIpc) is 2.25. The van der Waals surface area contributed by atoms with Gasteiger partial charge in [-0.15, -0.1) is 0 Å². The number of nitro groups is 1. The van der Waals surface area contributed by atoms with Crippen LogP contribution in [-0.4, -0.2) is 12.0 Å². The lowest BCUT2D eigenvalue weighted by Crippen LogP contribution is -1.97. The first kappa shape index (κ1) is 12.7. The number of nitrogens with zero attached hydrogens (tertiary/aromatic N) is 1. The molecular weight excluding hydrogens is 274 g/mol. The van der Waals surface area contributed by atoms with E-state index < -0.39 is 0 Å². The third-order valence-corrected chi connectivity index (χ3v) is 2.60. The number of halogens is 1. The van der Waals surface area contributed by atoms with Crippen LogP contribution in [0.5, 0.6) is 5.75 Å². The van der Waals surface area contributed by atoms with E-state index in [0.29, 0.717) is 17.7 Å². The molecule has 4 nitrogen and oxygen atoms in total. The summed E-state index contributed by atoms with van der Waals surface area (Å²) in [4.78, 5) is 10.3. The van der Waals surface area contributed by atoms with Crippen LogP contribution in [0, 0.1) is 10.1 Å². The first-order chi connectivity index (χ1) is 7.58. The average molecular weight is 286 g/mol. The van der Waals surface area contributed by atoms with Gasteiger partial charge in [0.1, 0.15) is 5.75 Å². The van der Waals surface area contributed by atoms with E-state index >= 15 is 0 Å². The molecule has 0 heterocycles. The fraction of sp³-hybridized carbons (Fsp3) is 0.273. The lowest BCUT2D eigenvalue weighted by Gasteiger charge is -2.05. The van der Waals surface area contributed by atoms with Crippen LogP contribution in [0.3, 0.4) is 0 Å². The highest BCUT2D eigenvalue weighted by Gasteiger charge is 2.10. The molecule has 0 amide bonds. The lowest BCUT2D eigenvalue weighted by atomic mass is 10.1. The monoisotopic (exact) mass is 285 g/mol. The molecule has 0 atom stereocenters. The molecule has 0 aliphatic heterocycles. The Morgan fingerprint density at radius 2 is 2.31 bits per heavy atom. The third-order valence-electron chi connectivity index (χ3n) is 2.11. The number of benzene rings is 1. The van der Waals surface area contributed by atoms with Crippen LogP contribution in [0.4, 0.5) is 0 Å². The van der Waals surface area contributed by atoms with Gasteiger partial charge in [-0.2, -0.15) is 0 Å². The molecule has 0 saturated carbocycles. The molecule has 0 aliphatic carbocycles. The van der Waals surface area contributed by atoms with Crippen molar-refractivity contribution in [3.05, 3.63) is 44.0 Å². The van der Waals surface area contributed by atoms with E-state index in [-0.39, 0.29) is 10.6 Å². The van der Waals surface area contributed by atoms with Crippen molar-refractivity contribution < 1.29 is 9.66 Å². The Bertz CT molecular complexity index is 429. The summed E-state index contributed by atoms with van der Waals surface area (Å²) in [5.41, 5.74) is 0.863. The van der Waals surface area contributed by atoms with Gasteiger partial charge < -0.3 is 4.74 Å². The fourth-order valence-electron chi connectivity index (χ4n) is 1.28. The Kier molecular flexibility index (Phi) is 4.49. The molecule has 0 fully saturated rings. The first-order valence-electron chi connectivity index (χ1n) is 4.77. The zero-order valence-corrected chi connectivity index (χ0v) is 10.7. The quantitative estimate of drug-likeness (QED) is 0.629. The summed E-state index contributed by atoms with van der Waals surface area (Å²) in [5.74, 6) is 0.621. The molecule has 1 aromatic rings. The Morgan fingerprint density at radius 1 is 1.62 bits per heavy atom. The SMILES string of the molecule is CCC(=Cc1cc(Br)ccc1OC)[N+](=O)[O-]. The van der Waals surface area contributed by atoms with E-state index in [4.69, 9.17) is 4.74 Å². The summed E-state index contributed by atoms with van der Waals surface area (Å²) in [6, 6.07) is 5.38. The van der Waals surface area contributed by atoms with Crippen LogP contribution in [0.25, 0.3) is 6.08 Å². The number of allylic oxidation sites excluding steroid dienone is 1. The maximum absolute atomic E-state index is 10.7. The Morgan fingerprint density at radius 3 is 2.81 bits per heavy atom. The van der Waals surface area contributed by atoms with Gasteiger partial charge in [0.25, 0.3) is 0 Å². The summed E-state index contributed by atoms with van der Waals surface area (Å²) >= 11 is 3.32. The highest BCUT2D eigenvalue weighted by Crippen LogP contribution is 2.25. The topological polar surface area (TPSA) is 52.4 Å². The molecule has 0 radical (unpaired) electrons. The van der Waals surface area contributed by atoms with E-state index in [1.165, 1.54) is 6.08 Å². The molecular formula is C11H12BrNO3. The largest absolute Gasteiger partial charge is 0.496 e. The van der Waals surface area contributed by atoms with E-state index in [0.717, 1.165) is 4.47 Å².